The average Bonchev–Trinajstić information content (AvgIpc) is 2.70. The Balaban J connectivity index is 2.45. The van der Waals surface area contributed by atoms with Crippen molar-refractivity contribution in [2.24, 2.45) is 7.05 Å². The first-order valence-electron chi connectivity index (χ1n) is 6.86. The van der Waals surface area contributed by atoms with Gasteiger partial charge in [-0.2, -0.15) is 0 Å². The molecule has 0 spiro atoms. The number of aromatic nitrogens is 1. The number of para-hydroxylation sites is 1. The van der Waals surface area contributed by atoms with Crippen molar-refractivity contribution < 1.29 is 9.59 Å². The summed E-state index contributed by atoms with van der Waals surface area (Å²) in [6.07, 6.45) is 0.799. The van der Waals surface area contributed by atoms with E-state index in [2.05, 4.69) is 5.32 Å². The fraction of sp³-hybridized carbons (Fsp3) is 0.375. The Hall–Kier alpha value is -2.10. The lowest BCUT2D eigenvalue weighted by Crippen LogP contribution is -2.37. The monoisotopic (exact) mass is 272 g/mol. The number of nitrogens with zero attached hydrogens (tertiary/aromatic N) is 1. The van der Waals surface area contributed by atoms with Gasteiger partial charge in [-0.3, -0.25) is 9.59 Å². The van der Waals surface area contributed by atoms with E-state index in [4.69, 9.17) is 0 Å². The molecule has 4 heteroatoms. The lowest BCUT2D eigenvalue weighted by molar-refractivity contribution is -0.117. The second-order valence-electron chi connectivity index (χ2n) is 5.15. The molecule has 1 N–H and O–H groups in total. The second kappa shape index (κ2) is 5.49. The van der Waals surface area contributed by atoms with Crippen molar-refractivity contribution in [3.05, 3.63) is 35.5 Å². The molecule has 1 atom stereocenters. The molecule has 0 aliphatic carbocycles. The van der Waals surface area contributed by atoms with Crippen molar-refractivity contribution in [2.45, 2.75) is 33.2 Å². The number of fused-ring (bicyclic) bond motifs is 1. The van der Waals surface area contributed by atoms with E-state index in [0.29, 0.717) is 5.56 Å². The molecule has 4 nitrogen and oxygen atoms in total. The summed E-state index contributed by atoms with van der Waals surface area (Å²) in [5.74, 6) is -0.988. The van der Waals surface area contributed by atoms with Gasteiger partial charge in [-0.05, 0) is 26.3 Å². The fourth-order valence-corrected chi connectivity index (χ4v) is 2.31. The van der Waals surface area contributed by atoms with E-state index < -0.39 is 11.7 Å². The molecule has 0 unspecified atom stereocenters. The van der Waals surface area contributed by atoms with Crippen LogP contribution in [-0.2, 0) is 11.8 Å². The molecule has 1 aromatic heterocycles. The van der Waals surface area contributed by atoms with Gasteiger partial charge in [0.15, 0.2) is 0 Å². The number of benzene rings is 1. The van der Waals surface area contributed by atoms with Crippen molar-refractivity contribution in [3.8, 4) is 0 Å². The number of rotatable bonds is 4. The van der Waals surface area contributed by atoms with E-state index in [9.17, 15) is 9.59 Å². The maximum Gasteiger partial charge on any atom is 0.292 e. The molecular formula is C16H20N2O2. The molecule has 2 rings (SSSR count). The Labute approximate surface area is 118 Å². The minimum atomic E-state index is -0.529. The van der Waals surface area contributed by atoms with Crippen LogP contribution in [0.15, 0.2) is 24.3 Å². The van der Waals surface area contributed by atoms with Crippen LogP contribution < -0.4 is 5.32 Å². The van der Waals surface area contributed by atoms with Crippen LogP contribution in [0.2, 0.25) is 0 Å². The molecule has 0 bridgehead atoms. The van der Waals surface area contributed by atoms with E-state index in [0.717, 1.165) is 23.0 Å². The predicted octanol–water partition coefficient (Wildman–Crippen LogP) is 2.58. The molecule has 0 aliphatic rings. The van der Waals surface area contributed by atoms with Crippen LogP contribution in [0.5, 0.6) is 0 Å². The highest BCUT2D eigenvalue weighted by atomic mass is 16.2. The van der Waals surface area contributed by atoms with Gasteiger partial charge in [0, 0.05) is 29.7 Å². The highest BCUT2D eigenvalue weighted by Crippen LogP contribution is 2.25. The van der Waals surface area contributed by atoms with Gasteiger partial charge < -0.3 is 9.88 Å². The second-order valence-corrected chi connectivity index (χ2v) is 5.15. The highest BCUT2D eigenvalue weighted by Gasteiger charge is 2.24. The number of hydrogen-bond donors (Lipinski definition) is 1. The van der Waals surface area contributed by atoms with Crippen molar-refractivity contribution in [3.63, 3.8) is 0 Å². The number of carbonyl (C=O) groups excluding carboxylic acids is 2. The number of carbonyl (C=O) groups is 2. The number of Topliss-reactive ketones (excluding diaryl/α,β-unsaturated/α-hetero) is 1. The maximum absolute atomic E-state index is 12.4. The van der Waals surface area contributed by atoms with Gasteiger partial charge in [-0.15, -0.1) is 0 Å². The van der Waals surface area contributed by atoms with E-state index in [1.54, 1.807) is 0 Å². The number of amides is 1. The third-order valence-corrected chi connectivity index (χ3v) is 3.82. The zero-order chi connectivity index (χ0) is 14.9. The SMILES string of the molecule is CC[C@@H](C)NC(=O)C(=O)c1c(C)n(C)c2ccccc12. The minimum Gasteiger partial charge on any atom is -0.347 e. The summed E-state index contributed by atoms with van der Waals surface area (Å²) < 4.78 is 1.94. The van der Waals surface area contributed by atoms with Gasteiger partial charge in [-0.1, -0.05) is 25.1 Å². The molecule has 1 heterocycles. The Morgan fingerprint density at radius 2 is 1.95 bits per heavy atom. The van der Waals surface area contributed by atoms with Crippen LogP contribution in [0, 0.1) is 6.92 Å². The van der Waals surface area contributed by atoms with Crippen molar-refractivity contribution in [2.75, 3.05) is 0 Å². The first-order chi connectivity index (χ1) is 9.47. The predicted molar refractivity (Wildman–Crippen MR) is 79.9 cm³/mol. The smallest absolute Gasteiger partial charge is 0.292 e. The van der Waals surface area contributed by atoms with Crippen LogP contribution >= 0.6 is 0 Å². The number of hydrogen-bond acceptors (Lipinski definition) is 2. The van der Waals surface area contributed by atoms with Gasteiger partial charge in [0.1, 0.15) is 0 Å². The number of nitrogens with one attached hydrogen (secondary N) is 1. The first kappa shape index (κ1) is 14.3. The summed E-state index contributed by atoms with van der Waals surface area (Å²) in [6, 6.07) is 7.64. The Bertz CT molecular complexity index is 670. The molecule has 0 fully saturated rings. The summed E-state index contributed by atoms with van der Waals surface area (Å²) in [5, 5.41) is 3.56. The molecule has 1 aromatic carbocycles. The molecule has 0 aliphatic heterocycles. The molecule has 0 radical (unpaired) electrons. The maximum atomic E-state index is 12.4. The molecule has 2 aromatic rings. The summed E-state index contributed by atoms with van der Waals surface area (Å²) in [4.78, 5) is 24.5. The summed E-state index contributed by atoms with van der Waals surface area (Å²) in [5.41, 5.74) is 2.28. The van der Waals surface area contributed by atoms with Crippen LogP contribution in [0.1, 0.15) is 36.3 Å². The quantitative estimate of drug-likeness (QED) is 0.687. The molecule has 1 amide bonds. The molecule has 0 saturated carbocycles. The standard InChI is InChI=1S/C16H20N2O2/c1-5-10(2)17-16(20)15(19)14-11(3)18(4)13-9-7-6-8-12(13)14/h6-10H,5H2,1-4H3,(H,17,20)/t10-/m1/s1. The van der Waals surface area contributed by atoms with Crippen LogP contribution in [0.4, 0.5) is 0 Å². The molecular weight excluding hydrogens is 252 g/mol. The average molecular weight is 272 g/mol. The Morgan fingerprint density at radius 3 is 2.60 bits per heavy atom. The van der Waals surface area contributed by atoms with E-state index >= 15 is 0 Å². The van der Waals surface area contributed by atoms with Crippen molar-refractivity contribution in [1.29, 1.82) is 0 Å². The van der Waals surface area contributed by atoms with Crippen molar-refractivity contribution in [1.82, 2.24) is 9.88 Å². The zero-order valence-corrected chi connectivity index (χ0v) is 12.4. The number of aryl methyl sites for hydroxylation is 1. The molecule has 20 heavy (non-hydrogen) atoms. The highest BCUT2D eigenvalue weighted by molar-refractivity contribution is 6.45. The summed E-state index contributed by atoms with van der Waals surface area (Å²) >= 11 is 0. The largest absolute Gasteiger partial charge is 0.347 e. The van der Waals surface area contributed by atoms with Gasteiger partial charge in [0.2, 0.25) is 0 Å². The third-order valence-electron chi connectivity index (χ3n) is 3.82. The minimum absolute atomic E-state index is 0.00160. The van der Waals surface area contributed by atoms with Gasteiger partial charge >= 0.3 is 0 Å². The lowest BCUT2D eigenvalue weighted by atomic mass is 10.1. The van der Waals surface area contributed by atoms with Gasteiger partial charge in [-0.25, -0.2) is 0 Å². The fourth-order valence-electron chi connectivity index (χ4n) is 2.31. The number of ketones is 1. The van der Waals surface area contributed by atoms with E-state index in [-0.39, 0.29) is 6.04 Å². The van der Waals surface area contributed by atoms with Crippen LogP contribution in [0.3, 0.4) is 0 Å². The van der Waals surface area contributed by atoms with Crippen LogP contribution in [-0.4, -0.2) is 22.3 Å². The Morgan fingerprint density at radius 1 is 1.30 bits per heavy atom. The topological polar surface area (TPSA) is 51.1 Å². The van der Waals surface area contributed by atoms with E-state index in [1.807, 2.05) is 56.7 Å². The van der Waals surface area contributed by atoms with E-state index in [1.165, 1.54) is 0 Å². The Kier molecular flexibility index (Phi) is 3.93. The van der Waals surface area contributed by atoms with Gasteiger partial charge in [0.05, 0.1) is 5.56 Å². The zero-order valence-electron chi connectivity index (χ0n) is 12.4. The molecule has 106 valence electrons. The first-order valence-corrected chi connectivity index (χ1v) is 6.86. The summed E-state index contributed by atoms with van der Waals surface area (Å²) in [7, 11) is 1.90. The normalized spacial score (nSPS) is 12.4. The van der Waals surface area contributed by atoms with Gasteiger partial charge in [0.25, 0.3) is 11.7 Å². The summed E-state index contributed by atoms with van der Waals surface area (Å²) in [6.45, 7) is 5.73. The lowest BCUT2D eigenvalue weighted by Gasteiger charge is -2.10. The van der Waals surface area contributed by atoms with Crippen molar-refractivity contribution >= 4 is 22.6 Å². The van der Waals surface area contributed by atoms with Crippen LogP contribution in [0.25, 0.3) is 10.9 Å². The third kappa shape index (κ3) is 2.33. The molecule has 0 saturated heterocycles.